The molecule has 0 bridgehead atoms. The summed E-state index contributed by atoms with van der Waals surface area (Å²) < 4.78 is 31.7. The van der Waals surface area contributed by atoms with Gasteiger partial charge >= 0.3 is 0 Å². The molecule has 0 spiro atoms. The highest BCUT2D eigenvalue weighted by atomic mass is 19.2. The van der Waals surface area contributed by atoms with E-state index in [1.807, 2.05) is 30.3 Å². The SMILES string of the molecule is O=C(Nc1ccc(F)c(F)c1)c1ccc(OCc2ccccc2)cc1. The van der Waals surface area contributed by atoms with E-state index in [9.17, 15) is 13.6 Å². The van der Waals surface area contributed by atoms with Gasteiger partial charge in [0.25, 0.3) is 5.91 Å². The second-order valence-electron chi connectivity index (χ2n) is 5.38. The van der Waals surface area contributed by atoms with E-state index >= 15 is 0 Å². The van der Waals surface area contributed by atoms with Crippen molar-refractivity contribution in [2.75, 3.05) is 5.32 Å². The van der Waals surface area contributed by atoms with E-state index in [-0.39, 0.29) is 5.69 Å². The molecule has 126 valence electrons. The van der Waals surface area contributed by atoms with E-state index in [1.54, 1.807) is 24.3 Å². The molecular weight excluding hydrogens is 324 g/mol. The van der Waals surface area contributed by atoms with Gasteiger partial charge in [0.05, 0.1) is 0 Å². The van der Waals surface area contributed by atoms with Gasteiger partial charge in [-0.15, -0.1) is 0 Å². The lowest BCUT2D eigenvalue weighted by Gasteiger charge is -2.08. The van der Waals surface area contributed by atoms with Gasteiger partial charge in [0.2, 0.25) is 0 Å². The third kappa shape index (κ3) is 4.41. The molecule has 5 heteroatoms. The van der Waals surface area contributed by atoms with Crippen LogP contribution in [-0.2, 0) is 6.61 Å². The molecule has 3 aromatic carbocycles. The molecule has 0 aliphatic carbocycles. The fourth-order valence-electron chi connectivity index (χ4n) is 2.22. The van der Waals surface area contributed by atoms with Crippen LogP contribution >= 0.6 is 0 Å². The van der Waals surface area contributed by atoms with Gasteiger partial charge in [0, 0.05) is 17.3 Å². The molecule has 0 atom stereocenters. The van der Waals surface area contributed by atoms with Gasteiger partial charge in [-0.2, -0.15) is 0 Å². The molecule has 0 aliphatic rings. The summed E-state index contributed by atoms with van der Waals surface area (Å²) in [6.07, 6.45) is 0. The number of carbonyl (C=O) groups excluding carboxylic acids is 1. The van der Waals surface area contributed by atoms with Crippen molar-refractivity contribution < 1.29 is 18.3 Å². The van der Waals surface area contributed by atoms with Gasteiger partial charge in [-0.25, -0.2) is 8.78 Å². The minimum atomic E-state index is -1.01. The number of halogens is 2. The maximum absolute atomic E-state index is 13.2. The molecule has 0 fully saturated rings. The van der Waals surface area contributed by atoms with E-state index in [2.05, 4.69) is 5.32 Å². The Balaban J connectivity index is 1.61. The summed E-state index contributed by atoms with van der Waals surface area (Å²) in [5.74, 6) is -1.76. The van der Waals surface area contributed by atoms with Crippen molar-refractivity contribution in [3.8, 4) is 5.75 Å². The Morgan fingerprint density at radius 2 is 1.60 bits per heavy atom. The van der Waals surface area contributed by atoms with Crippen LogP contribution in [0.4, 0.5) is 14.5 Å². The van der Waals surface area contributed by atoms with Crippen LogP contribution in [0.3, 0.4) is 0 Å². The Labute approximate surface area is 143 Å². The summed E-state index contributed by atoms with van der Waals surface area (Å²) in [4.78, 5) is 12.1. The minimum absolute atomic E-state index is 0.188. The largest absolute Gasteiger partial charge is 0.489 e. The quantitative estimate of drug-likeness (QED) is 0.725. The number of nitrogens with one attached hydrogen (secondary N) is 1. The Bertz CT molecular complexity index is 865. The molecule has 25 heavy (non-hydrogen) atoms. The lowest BCUT2D eigenvalue weighted by atomic mass is 10.2. The van der Waals surface area contributed by atoms with E-state index in [0.717, 1.165) is 17.7 Å². The first-order valence-corrected chi connectivity index (χ1v) is 7.65. The Hall–Kier alpha value is -3.21. The summed E-state index contributed by atoms with van der Waals surface area (Å²) in [6, 6.07) is 19.5. The summed E-state index contributed by atoms with van der Waals surface area (Å²) in [7, 11) is 0. The Morgan fingerprint density at radius 3 is 2.28 bits per heavy atom. The first kappa shape index (κ1) is 16.6. The van der Waals surface area contributed by atoms with Crippen molar-refractivity contribution in [1.29, 1.82) is 0 Å². The van der Waals surface area contributed by atoms with Gasteiger partial charge in [-0.3, -0.25) is 4.79 Å². The summed E-state index contributed by atoms with van der Waals surface area (Å²) in [5.41, 5.74) is 1.62. The second-order valence-corrected chi connectivity index (χ2v) is 5.38. The van der Waals surface area contributed by atoms with Crippen LogP contribution in [-0.4, -0.2) is 5.91 Å². The molecule has 0 heterocycles. The van der Waals surface area contributed by atoms with Gasteiger partial charge in [-0.05, 0) is 42.0 Å². The highest BCUT2D eigenvalue weighted by molar-refractivity contribution is 6.04. The van der Waals surface area contributed by atoms with Gasteiger partial charge in [0.1, 0.15) is 12.4 Å². The van der Waals surface area contributed by atoms with Crippen LogP contribution in [0.25, 0.3) is 0 Å². The zero-order valence-corrected chi connectivity index (χ0v) is 13.2. The standard InChI is InChI=1S/C20H15F2NO2/c21-18-11-8-16(12-19(18)22)23-20(24)15-6-9-17(10-7-15)25-13-14-4-2-1-3-5-14/h1-12H,13H2,(H,23,24). The van der Waals surface area contributed by atoms with Crippen molar-refractivity contribution in [2.24, 2.45) is 0 Å². The van der Waals surface area contributed by atoms with E-state index in [0.29, 0.717) is 17.9 Å². The number of hydrogen-bond acceptors (Lipinski definition) is 2. The number of ether oxygens (including phenoxy) is 1. The van der Waals surface area contributed by atoms with Crippen molar-refractivity contribution >= 4 is 11.6 Å². The number of amides is 1. The van der Waals surface area contributed by atoms with Crippen LogP contribution in [0.1, 0.15) is 15.9 Å². The smallest absolute Gasteiger partial charge is 0.255 e. The van der Waals surface area contributed by atoms with Crippen LogP contribution < -0.4 is 10.1 Å². The number of carbonyl (C=O) groups is 1. The van der Waals surface area contributed by atoms with Gasteiger partial charge < -0.3 is 10.1 Å². The van der Waals surface area contributed by atoms with Crippen molar-refractivity contribution in [3.63, 3.8) is 0 Å². The van der Waals surface area contributed by atoms with E-state index in [4.69, 9.17) is 4.74 Å². The van der Waals surface area contributed by atoms with Gasteiger partial charge in [-0.1, -0.05) is 30.3 Å². The van der Waals surface area contributed by atoms with Crippen molar-refractivity contribution in [1.82, 2.24) is 0 Å². The van der Waals surface area contributed by atoms with Crippen LogP contribution in [0.5, 0.6) is 5.75 Å². The zero-order valence-electron chi connectivity index (χ0n) is 13.2. The third-order valence-electron chi connectivity index (χ3n) is 3.54. The molecule has 0 unspecified atom stereocenters. The molecule has 3 aromatic rings. The molecule has 3 nitrogen and oxygen atoms in total. The van der Waals surface area contributed by atoms with E-state index < -0.39 is 17.5 Å². The van der Waals surface area contributed by atoms with Crippen molar-refractivity contribution in [3.05, 3.63) is 95.6 Å². The Kier molecular flexibility index (Phi) is 5.04. The normalized spacial score (nSPS) is 10.3. The molecule has 0 saturated heterocycles. The summed E-state index contributed by atoms with van der Waals surface area (Å²) in [6.45, 7) is 0.432. The average molecular weight is 339 g/mol. The number of hydrogen-bond donors (Lipinski definition) is 1. The first-order valence-electron chi connectivity index (χ1n) is 7.65. The van der Waals surface area contributed by atoms with Crippen LogP contribution in [0.15, 0.2) is 72.8 Å². The number of benzene rings is 3. The number of rotatable bonds is 5. The van der Waals surface area contributed by atoms with Gasteiger partial charge in [0.15, 0.2) is 11.6 Å². The van der Waals surface area contributed by atoms with Crippen LogP contribution in [0.2, 0.25) is 0 Å². The lowest BCUT2D eigenvalue weighted by molar-refractivity contribution is 0.102. The highest BCUT2D eigenvalue weighted by Crippen LogP contribution is 2.17. The zero-order chi connectivity index (χ0) is 17.6. The first-order chi connectivity index (χ1) is 12.1. The van der Waals surface area contributed by atoms with Crippen LogP contribution in [0, 0.1) is 11.6 Å². The highest BCUT2D eigenvalue weighted by Gasteiger charge is 2.08. The van der Waals surface area contributed by atoms with E-state index in [1.165, 1.54) is 6.07 Å². The maximum atomic E-state index is 13.2. The topological polar surface area (TPSA) is 38.3 Å². The fourth-order valence-corrected chi connectivity index (χ4v) is 2.22. The molecule has 3 rings (SSSR count). The molecule has 1 N–H and O–H groups in total. The summed E-state index contributed by atoms with van der Waals surface area (Å²) >= 11 is 0. The summed E-state index contributed by atoms with van der Waals surface area (Å²) in [5, 5.41) is 2.52. The molecule has 0 aromatic heterocycles. The average Bonchev–Trinajstić information content (AvgIpc) is 2.64. The van der Waals surface area contributed by atoms with Crippen molar-refractivity contribution in [2.45, 2.75) is 6.61 Å². The molecule has 1 amide bonds. The molecule has 0 saturated carbocycles. The molecule has 0 aliphatic heterocycles. The molecule has 0 radical (unpaired) electrons. The Morgan fingerprint density at radius 1 is 0.880 bits per heavy atom. The fraction of sp³-hybridized carbons (Fsp3) is 0.0500. The lowest BCUT2D eigenvalue weighted by Crippen LogP contribution is -2.12. The predicted octanol–water partition coefficient (Wildman–Crippen LogP) is 4.80. The third-order valence-corrected chi connectivity index (χ3v) is 3.54. The second kappa shape index (κ2) is 7.57. The predicted molar refractivity (Wildman–Crippen MR) is 91.5 cm³/mol. The monoisotopic (exact) mass is 339 g/mol. The maximum Gasteiger partial charge on any atom is 0.255 e. The number of anilines is 1. The molecular formula is C20H15F2NO2. The minimum Gasteiger partial charge on any atom is -0.489 e.